The highest BCUT2D eigenvalue weighted by Gasteiger charge is 2.40. The molecule has 0 aromatic rings. The molecule has 3 N–H and O–H groups in total. The number of nitrogens with one attached hydrogen (secondary N) is 2. The molecule has 1 rings (SSSR count). The molecule has 0 spiro atoms. The lowest BCUT2D eigenvalue weighted by atomic mass is 9.74. The number of unbranched alkanes of at least 4 members (excludes halogenated alkanes) is 1. The summed E-state index contributed by atoms with van der Waals surface area (Å²) < 4.78 is 0. The quantitative estimate of drug-likeness (QED) is 0.602. The van der Waals surface area contributed by atoms with E-state index in [1.165, 1.54) is 0 Å². The van der Waals surface area contributed by atoms with Crippen LogP contribution in [0.4, 0.5) is 4.79 Å². The fourth-order valence-electron chi connectivity index (χ4n) is 1.90. The fraction of sp³-hybridized carbons (Fsp3) is 0.818. The summed E-state index contributed by atoms with van der Waals surface area (Å²) in [4.78, 5) is 22.2. The van der Waals surface area contributed by atoms with E-state index in [1.807, 2.05) is 0 Å². The van der Waals surface area contributed by atoms with Crippen LogP contribution in [0.15, 0.2) is 0 Å². The Labute approximate surface area is 95.6 Å². The van der Waals surface area contributed by atoms with Gasteiger partial charge in [-0.3, -0.25) is 4.79 Å². The maximum atomic E-state index is 11.5. The molecule has 0 unspecified atom stereocenters. The average molecular weight is 228 g/mol. The van der Waals surface area contributed by atoms with Crippen LogP contribution in [0.1, 0.15) is 45.4 Å². The summed E-state index contributed by atoms with van der Waals surface area (Å²) in [5.74, 6) is -0.853. The van der Waals surface area contributed by atoms with Crippen molar-refractivity contribution in [3.8, 4) is 0 Å². The molecule has 1 aliphatic carbocycles. The largest absolute Gasteiger partial charge is 0.481 e. The monoisotopic (exact) mass is 228 g/mol. The number of urea groups is 1. The van der Waals surface area contributed by atoms with Gasteiger partial charge >= 0.3 is 12.0 Å². The Morgan fingerprint density at radius 2 is 2.06 bits per heavy atom. The lowest BCUT2D eigenvalue weighted by Gasteiger charge is -2.41. The number of aliphatic carboxylic acids is 1. The number of carbonyl (C=O) groups is 2. The molecule has 0 aromatic heterocycles. The highest BCUT2D eigenvalue weighted by Crippen LogP contribution is 2.34. The summed E-state index contributed by atoms with van der Waals surface area (Å²) in [5, 5.41) is 14.3. The second-order valence-corrected chi connectivity index (χ2v) is 4.44. The summed E-state index contributed by atoms with van der Waals surface area (Å²) in [5.41, 5.74) is -0.498. The van der Waals surface area contributed by atoms with Crippen molar-refractivity contribution in [2.45, 2.75) is 51.0 Å². The van der Waals surface area contributed by atoms with Crippen molar-refractivity contribution in [1.82, 2.24) is 10.6 Å². The van der Waals surface area contributed by atoms with Crippen LogP contribution in [0.2, 0.25) is 0 Å². The lowest BCUT2D eigenvalue weighted by molar-refractivity contribution is -0.139. The molecule has 0 saturated heterocycles. The van der Waals surface area contributed by atoms with Crippen LogP contribution in [-0.4, -0.2) is 29.2 Å². The summed E-state index contributed by atoms with van der Waals surface area (Å²) in [7, 11) is 0. The molecule has 0 atom stereocenters. The van der Waals surface area contributed by atoms with Gasteiger partial charge in [0.2, 0.25) is 0 Å². The predicted octanol–water partition coefficient (Wildman–Crippen LogP) is 1.48. The van der Waals surface area contributed by atoms with E-state index in [0.29, 0.717) is 6.54 Å². The Kier molecular flexibility index (Phi) is 4.58. The second kappa shape index (κ2) is 5.72. The third-order valence-corrected chi connectivity index (χ3v) is 2.99. The van der Waals surface area contributed by atoms with Gasteiger partial charge in [0, 0.05) is 6.54 Å². The van der Waals surface area contributed by atoms with Crippen molar-refractivity contribution in [2.75, 3.05) is 6.54 Å². The van der Waals surface area contributed by atoms with Crippen LogP contribution < -0.4 is 10.6 Å². The van der Waals surface area contributed by atoms with Crippen molar-refractivity contribution < 1.29 is 14.7 Å². The molecular weight excluding hydrogens is 208 g/mol. The molecule has 0 radical (unpaired) electrons. The molecule has 0 aromatic carbocycles. The zero-order valence-corrected chi connectivity index (χ0v) is 9.71. The van der Waals surface area contributed by atoms with E-state index in [0.717, 1.165) is 32.1 Å². The van der Waals surface area contributed by atoms with Gasteiger partial charge in [-0.25, -0.2) is 4.79 Å². The van der Waals surface area contributed by atoms with Gasteiger partial charge < -0.3 is 15.7 Å². The van der Waals surface area contributed by atoms with E-state index in [9.17, 15) is 9.59 Å². The fourth-order valence-corrected chi connectivity index (χ4v) is 1.90. The van der Waals surface area contributed by atoms with Crippen molar-refractivity contribution in [3.05, 3.63) is 0 Å². The smallest absolute Gasteiger partial charge is 0.315 e. The Bertz CT molecular complexity index is 262. The van der Waals surface area contributed by atoms with E-state index in [2.05, 4.69) is 17.6 Å². The normalized spacial score (nSPS) is 17.3. The highest BCUT2D eigenvalue weighted by molar-refractivity contribution is 5.77. The summed E-state index contributed by atoms with van der Waals surface area (Å²) in [6.07, 6.45) is 4.51. The number of amides is 2. The molecule has 2 amide bonds. The first-order valence-electron chi connectivity index (χ1n) is 5.86. The highest BCUT2D eigenvalue weighted by atomic mass is 16.4. The van der Waals surface area contributed by atoms with Crippen molar-refractivity contribution >= 4 is 12.0 Å². The minimum atomic E-state index is -0.853. The zero-order valence-electron chi connectivity index (χ0n) is 9.71. The van der Waals surface area contributed by atoms with E-state index in [1.54, 1.807) is 0 Å². The van der Waals surface area contributed by atoms with E-state index in [4.69, 9.17) is 5.11 Å². The van der Waals surface area contributed by atoms with Gasteiger partial charge in [0.05, 0.1) is 12.0 Å². The molecule has 1 fully saturated rings. The number of carbonyl (C=O) groups excluding carboxylic acids is 1. The first-order chi connectivity index (χ1) is 7.58. The molecule has 16 heavy (non-hydrogen) atoms. The first-order valence-corrected chi connectivity index (χ1v) is 5.86. The molecule has 1 aliphatic rings. The van der Waals surface area contributed by atoms with Gasteiger partial charge in [-0.15, -0.1) is 0 Å². The SMILES string of the molecule is CCCCNC(=O)NC1(CC(=O)O)CCC1. The Morgan fingerprint density at radius 3 is 2.50 bits per heavy atom. The van der Waals surface area contributed by atoms with Crippen LogP contribution in [0.3, 0.4) is 0 Å². The minimum absolute atomic E-state index is 0.0220. The van der Waals surface area contributed by atoms with Crippen LogP contribution in [-0.2, 0) is 4.79 Å². The third-order valence-electron chi connectivity index (χ3n) is 2.99. The maximum Gasteiger partial charge on any atom is 0.315 e. The summed E-state index contributed by atoms with van der Waals surface area (Å²) in [6, 6.07) is -0.241. The molecule has 0 bridgehead atoms. The number of carboxylic acids is 1. The number of rotatable bonds is 6. The molecular formula is C11H20N2O3. The van der Waals surface area contributed by atoms with Gasteiger partial charge in [0.15, 0.2) is 0 Å². The van der Waals surface area contributed by atoms with Crippen molar-refractivity contribution in [1.29, 1.82) is 0 Å². The van der Waals surface area contributed by atoms with Crippen LogP contribution >= 0.6 is 0 Å². The van der Waals surface area contributed by atoms with Crippen molar-refractivity contribution in [2.24, 2.45) is 0 Å². The zero-order chi connectivity index (χ0) is 12.0. The Morgan fingerprint density at radius 1 is 1.38 bits per heavy atom. The Balaban J connectivity index is 2.32. The summed E-state index contributed by atoms with van der Waals surface area (Å²) in [6.45, 7) is 2.70. The van der Waals surface area contributed by atoms with Crippen LogP contribution in [0.25, 0.3) is 0 Å². The van der Waals surface area contributed by atoms with Crippen LogP contribution in [0.5, 0.6) is 0 Å². The third kappa shape index (κ3) is 3.72. The molecule has 0 aliphatic heterocycles. The van der Waals surface area contributed by atoms with Gasteiger partial charge in [-0.2, -0.15) is 0 Å². The van der Waals surface area contributed by atoms with Crippen molar-refractivity contribution in [3.63, 3.8) is 0 Å². The number of hydrogen-bond donors (Lipinski definition) is 3. The maximum absolute atomic E-state index is 11.5. The lowest BCUT2D eigenvalue weighted by Crippen LogP contribution is -2.57. The number of hydrogen-bond acceptors (Lipinski definition) is 2. The molecule has 1 saturated carbocycles. The van der Waals surface area contributed by atoms with E-state index < -0.39 is 11.5 Å². The first kappa shape index (κ1) is 12.8. The summed E-state index contributed by atoms with van der Waals surface area (Å²) >= 11 is 0. The predicted molar refractivity (Wildman–Crippen MR) is 60.3 cm³/mol. The average Bonchev–Trinajstić information content (AvgIpc) is 2.14. The van der Waals surface area contributed by atoms with Crippen LogP contribution in [0, 0.1) is 0 Å². The second-order valence-electron chi connectivity index (χ2n) is 4.44. The standard InChI is InChI=1S/C11H20N2O3/c1-2-3-7-12-10(16)13-11(5-4-6-11)8-9(14)15/h2-8H2,1H3,(H,14,15)(H2,12,13,16). The molecule has 5 heteroatoms. The van der Waals surface area contributed by atoms with E-state index in [-0.39, 0.29) is 12.5 Å². The Hall–Kier alpha value is -1.26. The molecule has 5 nitrogen and oxygen atoms in total. The van der Waals surface area contributed by atoms with E-state index >= 15 is 0 Å². The van der Waals surface area contributed by atoms with Gasteiger partial charge in [0.25, 0.3) is 0 Å². The topological polar surface area (TPSA) is 78.4 Å². The van der Waals surface area contributed by atoms with Gasteiger partial charge in [-0.05, 0) is 25.7 Å². The van der Waals surface area contributed by atoms with Gasteiger partial charge in [0.1, 0.15) is 0 Å². The molecule has 0 heterocycles. The molecule has 92 valence electrons. The minimum Gasteiger partial charge on any atom is -0.481 e. The van der Waals surface area contributed by atoms with Gasteiger partial charge in [-0.1, -0.05) is 13.3 Å². The number of carboxylic acid groups (broad SMARTS) is 1.